The van der Waals surface area contributed by atoms with Gasteiger partial charge < -0.3 is 10.4 Å². The van der Waals surface area contributed by atoms with Gasteiger partial charge >= 0.3 is 5.69 Å². The first-order valence-corrected chi connectivity index (χ1v) is 7.53. The van der Waals surface area contributed by atoms with Gasteiger partial charge in [-0.15, -0.1) is 0 Å². The van der Waals surface area contributed by atoms with Gasteiger partial charge in [-0.1, -0.05) is 12.8 Å². The molecular formula is C14H22N4O4. The number of hydrogen-bond acceptors (Lipinski definition) is 5. The maximum Gasteiger partial charge on any atom is 0.312 e. The first-order chi connectivity index (χ1) is 10.4. The fourth-order valence-electron chi connectivity index (χ4n) is 3.02. The van der Waals surface area contributed by atoms with E-state index in [2.05, 4.69) is 10.4 Å². The fraction of sp³-hybridized carbons (Fsp3) is 0.714. The van der Waals surface area contributed by atoms with Crippen LogP contribution in [-0.4, -0.2) is 38.4 Å². The van der Waals surface area contributed by atoms with Crippen LogP contribution in [0.2, 0.25) is 0 Å². The third kappa shape index (κ3) is 3.62. The highest BCUT2D eigenvalue weighted by atomic mass is 16.6. The van der Waals surface area contributed by atoms with Crippen molar-refractivity contribution < 1.29 is 14.8 Å². The van der Waals surface area contributed by atoms with Crippen molar-refractivity contribution in [3.8, 4) is 0 Å². The molecule has 1 aromatic heterocycles. The summed E-state index contributed by atoms with van der Waals surface area (Å²) < 4.78 is 1.32. The SMILES string of the molecule is Cc1nn(CC(=O)NCC(O)C2CCCC2)c(C)c1[N+](=O)[O-]. The Morgan fingerprint density at radius 1 is 1.50 bits per heavy atom. The number of aromatic nitrogens is 2. The van der Waals surface area contributed by atoms with E-state index in [1.165, 1.54) is 4.68 Å². The molecule has 0 aliphatic heterocycles. The van der Waals surface area contributed by atoms with E-state index in [9.17, 15) is 20.0 Å². The molecule has 1 aliphatic carbocycles. The van der Waals surface area contributed by atoms with Crippen molar-refractivity contribution in [3.05, 3.63) is 21.5 Å². The van der Waals surface area contributed by atoms with E-state index in [0.29, 0.717) is 11.4 Å². The molecule has 1 fully saturated rings. The van der Waals surface area contributed by atoms with Gasteiger partial charge in [-0.05, 0) is 32.6 Å². The summed E-state index contributed by atoms with van der Waals surface area (Å²) in [6, 6.07) is 0. The molecule has 2 rings (SSSR count). The highest BCUT2D eigenvalue weighted by Crippen LogP contribution is 2.27. The van der Waals surface area contributed by atoms with Crippen LogP contribution in [0, 0.1) is 29.9 Å². The van der Waals surface area contributed by atoms with Crippen LogP contribution in [0.3, 0.4) is 0 Å². The predicted molar refractivity (Wildman–Crippen MR) is 79.3 cm³/mol. The van der Waals surface area contributed by atoms with Crippen molar-refractivity contribution in [2.75, 3.05) is 6.54 Å². The average molecular weight is 310 g/mol. The van der Waals surface area contributed by atoms with Crippen LogP contribution in [0.25, 0.3) is 0 Å². The first-order valence-electron chi connectivity index (χ1n) is 7.53. The second-order valence-corrected chi connectivity index (χ2v) is 5.85. The van der Waals surface area contributed by atoms with Gasteiger partial charge in [0.15, 0.2) is 0 Å². The van der Waals surface area contributed by atoms with E-state index >= 15 is 0 Å². The quantitative estimate of drug-likeness (QED) is 0.603. The Kier molecular flexibility index (Phi) is 5.12. The molecular weight excluding hydrogens is 288 g/mol. The highest BCUT2D eigenvalue weighted by molar-refractivity contribution is 5.75. The summed E-state index contributed by atoms with van der Waals surface area (Å²) >= 11 is 0. The Morgan fingerprint density at radius 3 is 2.68 bits per heavy atom. The van der Waals surface area contributed by atoms with Gasteiger partial charge in [0.05, 0.1) is 11.0 Å². The van der Waals surface area contributed by atoms with Gasteiger partial charge in [0, 0.05) is 6.54 Å². The lowest BCUT2D eigenvalue weighted by Crippen LogP contribution is -2.37. The summed E-state index contributed by atoms with van der Waals surface area (Å²) in [5, 5.41) is 27.6. The van der Waals surface area contributed by atoms with Crippen molar-refractivity contribution in [1.29, 1.82) is 0 Å². The lowest BCUT2D eigenvalue weighted by molar-refractivity contribution is -0.386. The summed E-state index contributed by atoms with van der Waals surface area (Å²) in [7, 11) is 0. The number of carbonyl (C=O) groups is 1. The second kappa shape index (κ2) is 6.87. The van der Waals surface area contributed by atoms with Gasteiger partial charge in [-0.2, -0.15) is 5.10 Å². The molecule has 1 amide bonds. The first kappa shape index (κ1) is 16.4. The number of nitro groups is 1. The Balaban J connectivity index is 1.89. The van der Waals surface area contributed by atoms with Crippen molar-refractivity contribution in [3.63, 3.8) is 0 Å². The van der Waals surface area contributed by atoms with Crippen LogP contribution in [0.15, 0.2) is 0 Å². The number of aliphatic hydroxyl groups is 1. The Morgan fingerprint density at radius 2 is 2.14 bits per heavy atom. The molecule has 0 bridgehead atoms. The van der Waals surface area contributed by atoms with Gasteiger partial charge in [-0.25, -0.2) is 0 Å². The lowest BCUT2D eigenvalue weighted by Gasteiger charge is -2.18. The van der Waals surface area contributed by atoms with Crippen LogP contribution in [0.1, 0.15) is 37.1 Å². The molecule has 2 N–H and O–H groups in total. The number of nitrogens with zero attached hydrogens (tertiary/aromatic N) is 3. The predicted octanol–water partition coefficient (Wildman–Crippen LogP) is 1.08. The van der Waals surface area contributed by atoms with Gasteiger partial charge in [-0.3, -0.25) is 19.6 Å². The zero-order chi connectivity index (χ0) is 16.3. The fourth-order valence-corrected chi connectivity index (χ4v) is 3.02. The summed E-state index contributed by atoms with van der Waals surface area (Å²) in [6.07, 6.45) is 3.73. The number of amides is 1. The summed E-state index contributed by atoms with van der Waals surface area (Å²) in [5.74, 6) is -0.0485. The molecule has 0 radical (unpaired) electrons. The van der Waals surface area contributed by atoms with Crippen molar-refractivity contribution in [1.82, 2.24) is 15.1 Å². The van der Waals surface area contributed by atoms with E-state index in [1.54, 1.807) is 13.8 Å². The zero-order valence-corrected chi connectivity index (χ0v) is 12.9. The third-order valence-electron chi connectivity index (χ3n) is 4.27. The van der Waals surface area contributed by atoms with Gasteiger partial charge in [0.1, 0.15) is 17.9 Å². The van der Waals surface area contributed by atoms with E-state index in [-0.39, 0.29) is 30.6 Å². The van der Waals surface area contributed by atoms with Crippen molar-refractivity contribution >= 4 is 11.6 Å². The Bertz CT molecular complexity index is 563. The topological polar surface area (TPSA) is 110 Å². The van der Waals surface area contributed by atoms with E-state index < -0.39 is 11.0 Å². The molecule has 1 heterocycles. The maximum absolute atomic E-state index is 11.9. The minimum Gasteiger partial charge on any atom is -0.391 e. The molecule has 1 aromatic rings. The number of rotatable bonds is 6. The summed E-state index contributed by atoms with van der Waals surface area (Å²) in [5.41, 5.74) is 0.592. The molecule has 1 aliphatic rings. The minimum atomic E-state index is -0.527. The number of aryl methyl sites for hydroxylation is 1. The Hall–Kier alpha value is -1.96. The smallest absolute Gasteiger partial charge is 0.312 e. The molecule has 0 saturated heterocycles. The largest absolute Gasteiger partial charge is 0.391 e. The van der Waals surface area contributed by atoms with Crippen molar-refractivity contribution in [2.45, 2.75) is 52.2 Å². The highest BCUT2D eigenvalue weighted by Gasteiger charge is 2.25. The van der Waals surface area contributed by atoms with Crippen LogP contribution < -0.4 is 5.32 Å². The number of aliphatic hydroxyl groups excluding tert-OH is 1. The molecule has 8 nitrogen and oxygen atoms in total. The Labute approximate surface area is 128 Å². The number of hydrogen-bond donors (Lipinski definition) is 2. The van der Waals surface area contributed by atoms with E-state index in [0.717, 1.165) is 25.7 Å². The summed E-state index contributed by atoms with van der Waals surface area (Å²) in [4.78, 5) is 22.4. The van der Waals surface area contributed by atoms with Crippen LogP contribution in [0.4, 0.5) is 5.69 Å². The van der Waals surface area contributed by atoms with E-state index in [4.69, 9.17) is 0 Å². The number of nitrogens with one attached hydrogen (secondary N) is 1. The third-order valence-corrected chi connectivity index (χ3v) is 4.27. The standard InChI is InChI=1S/C14H22N4O4/c1-9-14(18(21)22)10(2)17(16-9)8-13(20)15-7-12(19)11-5-3-4-6-11/h11-12,19H,3-8H2,1-2H3,(H,15,20). The minimum absolute atomic E-state index is 0.0567. The molecule has 8 heteroatoms. The monoisotopic (exact) mass is 310 g/mol. The lowest BCUT2D eigenvalue weighted by atomic mass is 10.0. The normalized spacial score (nSPS) is 16.7. The van der Waals surface area contributed by atoms with Gasteiger partial charge in [0.25, 0.3) is 0 Å². The van der Waals surface area contributed by atoms with Crippen LogP contribution in [0.5, 0.6) is 0 Å². The summed E-state index contributed by atoms with van der Waals surface area (Å²) in [6.45, 7) is 3.24. The molecule has 122 valence electrons. The molecule has 22 heavy (non-hydrogen) atoms. The number of carbonyl (C=O) groups excluding carboxylic acids is 1. The molecule has 0 spiro atoms. The van der Waals surface area contributed by atoms with Crippen molar-refractivity contribution in [2.24, 2.45) is 5.92 Å². The molecule has 0 aromatic carbocycles. The maximum atomic E-state index is 11.9. The average Bonchev–Trinajstić information content (AvgIpc) is 3.05. The zero-order valence-electron chi connectivity index (χ0n) is 12.9. The van der Waals surface area contributed by atoms with E-state index in [1.807, 2.05) is 0 Å². The molecule has 1 atom stereocenters. The molecule has 1 unspecified atom stereocenters. The second-order valence-electron chi connectivity index (χ2n) is 5.85. The van der Waals surface area contributed by atoms with Gasteiger partial charge in [0.2, 0.25) is 5.91 Å². The molecule has 1 saturated carbocycles. The van der Waals surface area contributed by atoms with Crippen LogP contribution in [-0.2, 0) is 11.3 Å². The van der Waals surface area contributed by atoms with Crippen LogP contribution >= 0.6 is 0 Å².